The van der Waals surface area contributed by atoms with Gasteiger partial charge in [-0.05, 0) is 24.3 Å². The number of halogens is 1. The van der Waals surface area contributed by atoms with Gasteiger partial charge in [-0.2, -0.15) is 5.26 Å². The van der Waals surface area contributed by atoms with E-state index in [0.29, 0.717) is 0 Å². The van der Waals surface area contributed by atoms with Gasteiger partial charge in [-0.25, -0.2) is 9.18 Å². The van der Waals surface area contributed by atoms with Crippen LogP contribution in [0.5, 0.6) is 0 Å². The Balaban J connectivity index is 2.04. The lowest BCUT2D eigenvalue weighted by atomic mass is 10.1. The normalized spacial score (nSPS) is 10.3. The van der Waals surface area contributed by atoms with E-state index in [1.807, 2.05) is 6.07 Å². The first-order valence-electron chi connectivity index (χ1n) is 8.44. The van der Waals surface area contributed by atoms with Gasteiger partial charge in [0.05, 0.1) is 28.7 Å². The van der Waals surface area contributed by atoms with Crippen molar-refractivity contribution in [3.63, 3.8) is 0 Å². The molecule has 8 nitrogen and oxygen atoms in total. The molecular formula is C20H16FN3O5. The lowest BCUT2D eigenvalue weighted by Gasteiger charge is -2.21. The molecule has 0 radical (unpaired) electrons. The van der Waals surface area contributed by atoms with Gasteiger partial charge in [-0.15, -0.1) is 0 Å². The number of amides is 1. The van der Waals surface area contributed by atoms with Crippen LogP contribution in [0.1, 0.15) is 12.0 Å². The van der Waals surface area contributed by atoms with Crippen molar-refractivity contribution in [2.24, 2.45) is 0 Å². The Labute approximate surface area is 165 Å². The quantitative estimate of drug-likeness (QED) is 0.292. The maximum absolute atomic E-state index is 14.0. The molecule has 9 heteroatoms. The number of nitriles is 1. The van der Waals surface area contributed by atoms with Crippen molar-refractivity contribution in [1.82, 2.24) is 0 Å². The highest BCUT2D eigenvalue weighted by molar-refractivity contribution is 5.96. The van der Waals surface area contributed by atoms with E-state index in [0.717, 1.165) is 11.0 Å². The lowest BCUT2D eigenvalue weighted by Crippen LogP contribution is -2.36. The number of nitrogens with zero attached hydrogens (tertiary/aromatic N) is 3. The molecule has 0 bridgehead atoms. The van der Waals surface area contributed by atoms with E-state index in [1.165, 1.54) is 48.5 Å². The molecular weight excluding hydrogens is 381 g/mol. The average Bonchev–Trinajstić information content (AvgIpc) is 2.72. The van der Waals surface area contributed by atoms with Crippen molar-refractivity contribution in [2.75, 3.05) is 18.1 Å². The third-order valence-corrected chi connectivity index (χ3v) is 3.76. The van der Waals surface area contributed by atoms with Gasteiger partial charge in [0.25, 0.3) is 11.6 Å². The summed E-state index contributed by atoms with van der Waals surface area (Å²) >= 11 is 0. The number of carbonyl (C=O) groups excluding carboxylic acids is 2. The van der Waals surface area contributed by atoms with E-state index in [-0.39, 0.29) is 29.9 Å². The topological polar surface area (TPSA) is 114 Å². The second-order valence-corrected chi connectivity index (χ2v) is 5.66. The summed E-state index contributed by atoms with van der Waals surface area (Å²) < 4.78 is 18.8. The zero-order valence-electron chi connectivity index (χ0n) is 15.2. The Morgan fingerprint density at radius 1 is 1.21 bits per heavy atom. The van der Waals surface area contributed by atoms with Gasteiger partial charge in [-0.1, -0.05) is 24.3 Å². The smallest absolute Gasteiger partial charge is 0.331 e. The minimum absolute atomic E-state index is 0.0285. The van der Waals surface area contributed by atoms with Crippen molar-refractivity contribution in [1.29, 1.82) is 5.26 Å². The molecule has 0 N–H and O–H groups in total. The summed E-state index contributed by atoms with van der Waals surface area (Å²) in [6.07, 6.45) is 2.12. The predicted molar refractivity (Wildman–Crippen MR) is 102 cm³/mol. The van der Waals surface area contributed by atoms with E-state index in [2.05, 4.69) is 0 Å². The van der Waals surface area contributed by atoms with Crippen LogP contribution in [0.15, 0.2) is 54.6 Å². The summed E-state index contributed by atoms with van der Waals surface area (Å²) in [6.45, 7) is -0.750. The molecule has 0 atom stereocenters. The van der Waals surface area contributed by atoms with Crippen LogP contribution in [0.3, 0.4) is 0 Å². The monoisotopic (exact) mass is 397 g/mol. The zero-order chi connectivity index (χ0) is 21.2. The summed E-state index contributed by atoms with van der Waals surface area (Å²) in [6, 6.07) is 13.2. The molecule has 0 aliphatic rings. The fraction of sp³-hybridized carbons (Fsp3) is 0.150. The van der Waals surface area contributed by atoms with Gasteiger partial charge in [0.2, 0.25) is 0 Å². The molecule has 0 spiro atoms. The molecule has 0 heterocycles. The molecule has 29 heavy (non-hydrogen) atoms. The van der Waals surface area contributed by atoms with Crippen LogP contribution in [0, 0.1) is 27.3 Å². The molecule has 0 aliphatic carbocycles. The fourth-order valence-electron chi connectivity index (χ4n) is 2.42. The SMILES string of the molecule is N#CCCN(C(=O)COC(=O)/C=C/c1ccccc1[N+](=O)[O-])c1ccccc1F. The first-order chi connectivity index (χ1) is 13.9. The number of hydrogen-bond donors (Lipinski definition) is 0. The number of nitro benzene ring substituents is 1. The minimum Gasteiger partial charge on any atom is -0.452 e. The molecule has 0 saturated carbocycles. The Morgan fingerprint density at radius 2 is 1.90 bits per heavy atom. The van der Waals surface area contributed by atoms with Crippen LogP contribution in [0.25, 0.3) is 6.08 Å². The van der Waals surface area contributed by atoms with Crippen LogP contribution in [-0.2, 0) is 14.3 Å². The highest BCUT2D eigenvalue weighted by Gasteiger charge is 2.20. The average molecular weight is 397 g/mol. The molecule has 0 aromatic heterocycles. The molecule has 1 amide bonds. The number of rotatable bonds is 8. The third kappa shape index (κ3) is 5.97. The van der Waals surface area contributed by atoms with E-state index >= 15 is 0 Å². The van der Waals surface area contributed by atoms with Crippen LogP contribution < -0.4 is 4.90 Å². The largest absolute Gasteiger partial charge is 0.452 e. The van der Waals surface area contributed by atoms with Crippen LogP contribution in [0.4, 0.5) is 15.8 Å². The van der Waals surface area contributed by atoms with Crippen molar-refractivity contribution in [2.45, 2.75) is 6.42 Å². The number of hydrogen-bond acceptors (Lipinski definition) is 6. The van der Waals surface area contributed by atoms with Crippen LogP contribution in [-0.4, -0.2) is 30.0 Å². The highest BCUT2D eigenvalue weighted by Crippen LogP contribution is 2.20. The second kappa shape index (κ2) is 10.3. The number of carbonyl (C=O) groups is 2. The van der Waals surface area contributed by atoms with Gasteiger partial charge in [0, 0.05) is 18.7 Å². The Kier molecular flexibility index (Phi) is 7.56. The number of nitro groups is 1. The molecule has 2 aromatic carbocycles. The number of para-hydroxylation sites is 2. The number of ether oxygens (including phenoxy) is 1. The summed E-state index contributed by atoms with van der Waals surface area (Å²) in [5.41, 5.74) is -0.0168. The van der Waals surface area contributed by atoms with Crippen molar-refractivity contribution in [3.05, 3.63) is 76.1 Å². The van der Waals surface area contributed by atoms with Gasteiger partial charge < -0.3 is 9.64 Å². The Morgan fingerprint density at radius 3 is 2.59 bits per heavy atom. The van der Waals surface area contributed by atoms with Gasteiger partial charge in [-0.3, -0.25) is 14.9 Å². The van der Waals surface area contributed by atoms with E-state index < -0.39 is 29.2 Å². The van der Waals surface area contributed by atoms with E-state index in [1.54, 1.807) is 6.07 Å². The highest BCUT2D eigenvalue weighted by atomic mass is 19.1. The molecule has 0 unspecified atom stereocenters. The summed E-state index contributed by atoms with van der Waals surface area (Å²) in [7, 11) is 0. The van der Waals surface area contributed by atoms with Gasteiger partial charge >= 0.3 is 5.97 Å². The standard InChI is InChI=1S/C20H16FN3O5/c21-16-7-2-4-9-18(16)23(13-5-12-22)19(25)14-29-20(26)11-10-15-6-1-3-8-17(15)24(27)28/h1-4,6-11H,5,13-14H2/b11-10+. The fourth-order valence-corrected chi connectivity index (χ4v) is 2.42. The molecule has 2 aromatic rings. The van der Waals surface area contributed by atoms with Crippen molar-refractivity contribution < 1.29 is 23.6 Å². The molecule has 0 aliphatic heterocycles. The van der Waals surface area contributed by atoms with Crippen LogP contribution >= 0.6 is 0 Å². The molecule has 0 fully saturated rings. The Bertz CT molecular complexity index is 984. The van der Waals surface area contributed by atoms with E-state index in [4.69, 9.17) is 10.00 Å². The van der Waals surface area contributed by atoms with E-state index in [9.17, 15) is 24.1 Å². The summed E-state index contributed by atoms with van der Waals surface area (Å²) in [5.74, 6) is -2.26. The Hall–Kier alpha value is -4.06. The number of anilines is 1. The van der Waals surface area contributed by atoms with Crippen LogP contribution in [0.2, 0.25) is 0 Å². The number of benzene rings is 2. The minimum atomic E-state index is -0.898. The molecule has 148 valence electrons. The maximum Gasteiger partial charge on any atom is 0.331 e. The molecule has 0 saturated heterocycles. The lowest BCUT2D eigenvalue weighted by molar-refractivity contribution is -0.385. The van der Waals surface area contributed by atoms with Gasteiger partial charge in [0.1, 0.15) is 5.82 Å². The van der Waals surface area contributed by atoms with Crippen molar-refractivity contribution >= 4 is 29.3 Å². The first-order valence-corrected chi connectivity index (χ1v) is 8.44. The molecule has 2 rings (SSSR count). The van der Waals surface area contributed by atoms with Crippen molar-refractivity contribution in [3.8, 4) is 6.07 Å². The summed E-state index contributed by atoms with van der Waals surface area (Å²) in [5, 5.41) is 19.7. The van der Waals surface area contributed by atoms with Gasteiger partial charge in [0.15, 0.2) is 6.61 Å². The zero-order valence-corrected chi connectivity index (χ0v) is 15.2. The predicted octanol–water partition coefficient (Wildman–Crippen LogP) is 3.24. The summed E-state index contributed by atoms with van der Waals surface area (Å²) in [4.78, 5) is 35.6. The maximum atomic E-state index is 14.0. The second-order valence-electron chi connectivity index (χ2n) is 5.66. The first kappa shape index (κ1) is 21.2. The third-order valence-electron chi connectivity index (χ3n) is 3.76. The number of esters is 1.